The highest BCUT2D eigenvalue weighted by molar-refractivity contribution is 7.92. The summed E-state index contributed by atoms with van der Waals surface area (Å²) in [5, 5.41) is 2.92. The zero-order valence-electron chi connectivity index (χ0n) is 16.0. The first-order valence-electron chi connectivity index (χ1n) is 9.69. The molecule has 2 aromatic rings. The van der Waals surface area contributed by atoms with Gasteiger partial charge in [-0.25, -0.2) is 17.2 Å². The SMILES string of the molecule is O=C(CN(c1ccc(F)cc1)S(=O)(=O)c1ccc(F)cc1)NC1CCCCCC1. The molecule has 0 heterocycles. The maximum absolute atomic E-state index is 13.3. The van der Waals surface area contributed by atoms with Gasteiger partial charge in [0.05, 0.1) is 10.6 Å². The first-order valence-corrected chi connectivity index (χ1v) is 11.1. The fraction of sp³-hybridized carbons (Fsp3) is 0.381. The molecule has 0 atom stereocenters. The van der Waals surface area contributed by atoms with Gasteiger partial charge < -0.3 is 5.32 Å². The Hall–Kier alpha value is -2.48. The number of halogens is 2. The molecule has 1 aliphatic carbocycles. The number of nitrogens with zero attached hydrogens (tertiary/aromatic N) is 1. The van der Waals surface area contributed by atoms with E-state index in [0.29, 0.717) is 0 Å². The van der Waals surface area contributed by atoms with E-state index in [2.05, 4.69) is 5.32 Å². The van der Waals surface area contributed by atoms with Gasteiger partial charge in [0.2, 0.25) is 5.91 Å². The predicted molar refractivity (Wildman–Crippen MR) is 107 cm³/mol. The zero-order chi connectivity index (χ0) is 20.9. The van der Waals surface area contributed by atoms with Crippen molar-refractivity contribution in [1.82, 2.24) is 5.32 Å². The minimum atomic E-state index is -4.14. The first-order chi connectivity index (χ1) is 13.9. The highest BCUT2D eigenvalue weighted by Crippen LogP contribution is 2.24. The maximum Gasteiger partial charge on any atom is 0.264 e. The van der Waals surface area contributed by atoms with Gasteiger partial charge in [0.15, 0.2) is 0 Å². The van der Waals surface area contributed by atoms with Gasteiger partial charge in [0.25, 0.3) is 10.0 Å². The van der Waals surface area contributed by atoms with Gasteiger partial charge in [-0.1, -0.05) is 25.7 Å². The molecular weight excluding hydrogens is 398 g/mol. The molecule has 0 saturated heterocycles. The molecule has 8 heteroatoms. The molecule has 1 saturated carbocycles. The summed E-state index contributed by atoms with van der Waals surface area (Å²) in [5.41, 5.74) is 0.159. The summed E-state index contributed by atoms with van der Waals surface area (Å²) in [5.74, 6) is -1.51. The van der Waals surface area contributed by atoms with E-state index in [1.54, 1.807) is 0 Å². The van der Waals surface area contributed by atoms with Crippen LogP contribution < -0.4 is 9.62 Å². The summed E-state index contributed by atoms with van der Waals surface area (Å²) in [4.78, 5) is 12.5. The van der Waals surface area contributed by atoms with Crippen LogP contribution in [0.15, 0.2) is 53.4 Å². The predicted octanol–water partition coefficient (Wildman–Crippen LogP) is 4.00. The van der Waals surface area contributed by atoms with Crippen molar-refractivity contribution in [2.45, 2.75) is 49.5 Å². The molecule has 1 amide bonds. The lowest BCUT2D eigenvalue weighted by Crippen LogP contribution is -2.44. The highest BCUT2D eigenvalue weighted by Gasteiger charge is 2.28. The molecule has 156 valence electrons. The number of benzene rings is 2. The Morgan fingerprint density at radius 1 is 0.897 bits per heavy atom. The van der Waals surface area contributed by atoms with E-state index in [9.17, 15) is 22.0 Å². The number of nitrogens with one attached hydrogen (secondary N) is 1. The molecule has 0 unspecified atom stereocenters. The maximum atomic E-state index is 13.3. The normalized spacial score (nSPS) is 15.5. The van der Waals surface area contributed by atoms with Crippen LogP contribution in [0.4, 0.5) is 14.5 Å². The molecule has 2 aromatic carbocycles. The van der Waals surface area contributed by atoms with Crippen molar-refractivity contribution in [1.29, 1.82) is 0 Å². The third kappa shape index (κ3) is 5.53. The Balaban J connectivity index is 1.85. The minimum absolute atomic E-state index is 0.0218. The van der Waals surface area contributed by atoms with E-state index in [1.807, 2.05) is 0 Å². The van der Waals surface area contributed by atoms with Gasteiger partial charge in [-0.2, -0.15) is 0 Å². The molecule has 0 radical (unpaired) electrons. The van der Waals surface area contributed by atoms with Crippen LogP contribution in [-0.4, -0.2) is 26.9 Å². The average Bonchev–Trinajstić information content (AvgIpc) is 2.96. The Morgan fingerprint density at radius 2 is 1.41 bits per heavy atom. The molecule has 0 aliphatic heterocycles. The molecular formula is C21H24F2N2O3S. The fourth-order valence-electron chi connectivity index (χ4n) is 3.48. The van der Waals surface area contributed by atoms with E-state index in [4.69, 9.17) is 0 Å². The van der Waals surface area contributed by atoms with Gasteiger partial charge >= 0.3 is 0 Å². The standard InChI is InChI=1S/C21H24F2N2O3S/c22-16-7-11-19(12-8-16)25(29(27,28)20-13-9-17(23)10-14-20)15-21(26)24-18-5-3-1-2-4-6-18/h7-14,18H,1-6,15H2,(H,24,26). The van der Waals surface area contributed by atoms with Crippen LogP contribution in [0.25, 0.3) is 0 Å². The number of sulfonamides is 1. The highest BCUT2D eigenvalue weighted by atomic mass is 32.2. The van der Waals surface area contributed by atoms with Crippen molar-refractivity contribution in [3.63, 3.8) is 0 Å². The molecule has 1 N–H and O–H groups in total. The van der Waals surface area contributed by atoms with Gasteiger partial charge in [0, 0.05) is 6.04 Å². The average molecular weight is 422 g/mol. The minimum Gasteiger partial charge on any atom is -0.352 e. The quantitative estimate of drug-likeness (QED) is 0.716. The number of rotatable bonds is 6. The third-order valence-electron chi connectivity index (χ3n) is 5.02. The molecule has 3 rings (SSSR count). The van der Waals surface area contributed by atoms with Crippen molar-refractivity contribution in [2.24, 2.45) is 0 Å². The lowest BCUT2D eigenvalue weighted by atomic mass is 10.1. The Labute approximate surface area is 169 Å². The van der Waals surface area contributed by atoms with Crippen LogP contribution in [0.2, 0.25) is 0 Å². The number of hydrogen-bond acceptors (Lipinski definition) is 3. The van der Waals surface area contributed by atoms with Crippen molar-refractivity contribution >= 4 is 21.6 Å². The summed E-state index contributed by atoms with van der Waals surface area (Å²) in [6, 6.07) is 9.26. The molecule has 29 heavy (non-hydrogen) atoms. The van der Waals surface area contributed by atoms with E-state index in [0.717, 1.165) is 79.2 Å². The third-order valence-corrected chi connectivity index (χ3v) is 6.81. The largest absolute Gasteiger partial charge is 0.352 e. The molecule has 0 spiro atoms. The monoisotopic (exact) mass is 422 g/mol. The number of carbonyl (C=O) groups excluding carboxylic acids is 1. The van der Waals surface area contributed by atoms with E-state index >= 15 is 0 Å². The molecule has 1 fully saturated rings. The molecule has 1 aliphatic rings. The van der Waals surface area contributed by atoms with Crippen LogP contribution in [-0.2, 0) is 14.8 Å². The summed E-state index contributed by atoms with van der Waals surface area (Å²) < 4.78 is 53.8. The van der Waals surface area contributed by atoms with Gasteiger partial charge in [-0.15, -0.1) is 0 Å². The van der Waals surface area contributed by atoms with Gasteiger partial charge in [-0.3, -0.25) is 9.10 Å². The van der Waals surface area contributed by atoms with E-state index < -0.39 is 34.1 Å². The van der Waals surface area contributed by atoms with Crippen LogP contribution in [0.3, 0.4) is 0 Å². The van der Waals surface area contributed by atoms with E-state index in [-0.39, 0.29) is 16.6 Å². The lowest BCUT2D eigenvalue weighted by Gasteiger charge is -2.25. The Morgan fingerprint density at radius 3 is 1.97 bits per heavy atom. The Kier molecular flexibility index (Phi) is 6.84. The van der Waals surface area contributed by atoms with Crippen molar-refractivity contribution in [3.8, 4) is 0 Å². The molecule has 0 aromatic heterocycles. The number of carbonyl (C=O) groups is 1. The number of hydrogen-bond donors (Lipinski definition) is 1. The van der Waals surface area contributed by atoms with E-state index in [1.165, 1.54) is 12.1 Å². The van der Waals surface area contributed by atoms with Crippen molar-refractivity contribution in [3.05, 3.63) is 60.2 Å². The Bertz CT molecular complexity index is 923. The number of amides is 1. The van der Waals surface area contributed by atoms with Crippen LogP contribution in [0.1, 0.15) is 38.5 Å². The second kappa shape index (κ2) is 9.35. The first kappa shape index (κ1) is 21.2. The fourth-order valence-corrected chi connectivity index (χ4v) is 4.90. The number of anilines is 1. The van der Waals surface area contributed by atoms with Gasteiger partial charge in [0.1, 0.15) is 18.2 Å². The topological polar surface area (TPSA) is 66.5 Å². The van der Waals surface area contributed by atoms with Crippen molar-refractivity contribution in [2.75, 3.05) is 10.8 Å². The summed E-state index contributed by atoms with van der Waals surface area (Å²) >= 11 is 0. The summed E-state index contributed by atoms with van der Waals surface area (Å²) in [6.45, 7) is -0.443. The zero-order valence-corrected chi connectivity index (χ0v) is 16.8. The van der Waals surface area contributed by atoms with Gasteiger partial charge in [-0.05, 0) is 61.4 Å². The second-order valence-corrected chi connectivity index (χ2v) is 9.06. The molecule has 0 bridgehead atoms. The van der Waals surface area contributed by atoms with Crippen LogP contribution in [0, 0.1) is 11.6 Å². The van der Waals surface area contributed by atoms with Crippen LogP contribution >= 0.6 is 0 Å². The summed E-state index contributed by atoms with van der Waals surface area (Å²) in [6.07, 6.45) is 6.06. The van der Waals surface area contributed by atoms with Crippen LogP contribution in [0.5, 0.6) is 0 Å². The summed E-state index contributed by atoms with van der Waals surface area (Å²) in [7, 11) is -4.14. The second-order valence-electron chi connectivity index (χ2n) is 7.20. The lowest BCUT2D eigenvalue weighted by molar-refractivity contribution is -0.120. The smallest absolute Gasteiger partial charge is 0.264 e. The van der Waals surface area contributed by atoms with Crippen molar-refractivity contribution < 1.29 is 22.0 Å². The molecule has 5 nitrogen and oxygen atoms in total.